The molecule has 112 valence electrons. The maximum Gasteiger partial charge on any atom is 0.208 e. The summed E-state index contributed by atoms with van der Waals surface area (Å²) in [6.07, 6.45) is 3.53. The molecule has 0 fully saturated rings. The zero-order valence-electron chi connectivity index (χ0n) is 11.7. The minimum Gasteiger partial charge on any atom is -0.271 e. The van der Waals surface area contributed by atoms with Gasteiger partial charge in [-0.2, -0.15) is 5.26 Å². The highest BCUT2D eigenvalue weighted by Gasteiger charge is 2.20. The van der Waals surface area contributed by atoms with Crippen LogP contribution in [0.5, 0.6) is 0 Å². The van der Waals surface area contributed by atoms with Gasteiger partial charge in [-0.1, -0.05) is 42.1 Å². The maximum atomic E-state index is 12.7. The molecule has 2 rings (SSSR count). The second kappa shape index (κ2) is 7.11. The minimum atomic E-state index is -3.67. The van der Waals surface area contributed by atoms with Crippen LogP contribution in [0.1, 0.15) is 0 Å². The van der Waals surface area contributed by atoms with Crippen LogP contribution in [0.3, 0.4) is 0 Å². The third-order valence-electron chi connectivity index (χ3n) is 2.79. The number of benzene rings is 2. The van der Waals surface area contributed by atoms with Gasteiger partial charge in [-0.15, -0.1) is 0 Å². The molecule has 1 N–H and O–H groups in total. The fraction of sp³-hybridized carbons (Fsp3) is 0.0667. The van der Waals surface area contributed by atoms with Gasteiger partial charge in [0.15, 0.2) is 11.4 Å². The first-order chi connectivity index (χ1) is 10.6. The van der Waals surface area contributed by atoms with E-state index in [0.29, 0.717) is 10.9 Å². The van der Waals surface area contributed by atoms with Crippen molar-refractivity contribution in [2.24, 2.45) is 4.99 Å². The Hall–Kier alpha value is -2.30. The van der Waals surface area contributed by atoms with Crippen LogP contribution in [0.15, 0.2) is 69.4 Å². The molecular weight excluding hydrogens is 318 g/mol. The van der Waals surface area contributed by atoms with Crippen molar-refractivity contribution in [2.75, 3.05) is 6.26 Å². The summed E-state index contributed by atoms with van der Waals surface area (Å²) in [7, 11) is -3.67. The van der Waals surface area contributed by atoms with Crippen LogP contribution in [-0.4, -0.2) is 19.8 Å². The SMILES string of the molecule is CSC(=Nc1ccccc1S(=O)(=O)c1ccccc1)NC#N. The molecule has 2 aromatic rings. The molecule has 0 heterocycles. The van der Waals surface area contributed by atoms with Crippen molar-refractivity contribution in [1.82, 2.24) is 5.32 Å². The molecular formula is C15H13N3O2S2. The molecule has 0 aromatic heterocycles. The smallest absolute Gasteiger partial charge is 0.208 e. The van der Waals surface area contributed by atoms with Gasteiger partial charge < -0.3 is 0 Å². The highest BCUT2D eigenvalue weighted by Crippen LogP contribution is 2.29. The lowest BCUT2D eigenvalue weighted by Crippen LogP contribution is -2.13. The van der Waals surface area contributed by atoms with Gasteiger partial charge in [-0.3, -0.25) is 5.32 Å². The molecule has 0 amide bonds. The Morgan fingerprint density at radius 2 is 1.77 bits per heavy atom. The second-order valence-corrected chi connectivity index (χ2v) is 6.86. The predicted octanol–water partition coefficient (Wildman–Crippen LogP) is 2.94. The fourth-order valence-corrected chi connectivity index (χ4v) is 3.54. The Kier molecular flexibility index (Phi) is 5.20. The lowest BCUT2D eigenvalue weighted by Gasteiger charge is -2.08. The lowest BCUT2D eigenvalue weighted by molar-refractivity contribution is 0.596. The monoisotopic (exact) mass is 331 g/mol. The number of thioether (sulfide) groups is 1. The molecule has 5 nitrogen and oxygen atoms in total. The van der Waals surface area contributed by atoms with Crippen molar-refractivity contribution in [3.8, 4) is 6.19 Å². The van der Waals surface area contributed by atoms with Crippen molar-refractivity contribution < 1.29 is 8.42 Å². The first-order valence-corrected chi connectivity index (χ1v) is 8.97. The highest BCUT2D eigenvalue weighted by molar-refractivity contribution is 8.13. The second-order valence-electron chi connectivity index (χ2n) is 4.14. The van der Waals surface area contributed by atoms with Crippen LogP contribution in [0, 0.1) is 11.5 Å². The molecule has 22 heavy (non-hydrogen) atoms. The third kappa shape index (κ3) is 3.47. The Bertz CT molecular complexity index is 825. The zero-order chi connectivity index (χ0) is 16.0. The molecule has 2 aromatic carbocycles. The Morgan fingerprint density at radius 3 is 2.41 bits per heavy atom. The quantitative estimate of drug-likeness (QED) is 0.405. The molecule has 7 heteroatoms. The molecule has 0 aliphatic rings. The van der Waals surface area contributed by atoms with E-state index in [1.807, 2.05) is 0 Å². The first-order valence-electron chi connectivity index (χ1n) is 6.26. The van der Waals surface area contributed by atoms with E-state index < -0.39 is 9.84 Å². The number of sulfone groups is 1. The molecule has 0 spiro atoms. The van der Waals surface area contributed by atoms with E-state index in [-0.39, 0.29) is 9.79 Å². The van der Waals surface area contributed by atoms with E-state index in [4.69, 9.17) is 5.26 Å². The molecule has 0 aliphatic carbocycles. The Morgan fingerprint density at radius 1 is 1.14 bits per heavy atom. The largest absolute Gasteiger partial charge is 0.271 e. The maximum absolute atomic E-state index is 12.7. The third-order valence-corrected chi connectivity index (χ3v) is 5.18. The summed E-state index contributed by atoms with van der Waals surface area (Å²) in [6, 6.07) is 14.6. The number of aliphatic imine (C=N–C) groups is 1. The minimum absolute atomic E-state index is 0.104. The van der Waals surface area contributed by atoms with Crippen molar-refractivity contribution in [3.05, 3.63) is 54.6 Å². The van der Waals surface area contributed by atoms with E-state index in [2.05, 4.69) is 10.3 Å². The number of rotatable bonds is 3. The number of nitriles is 1. The van der Waals surface area contributed by atoms with Gasteiger partial charge in [0, 0.05) is 0 Å². The number of nitrogens with one attached hydrogen (secondary N) is 1. The Balaban J connectivity index is 2.57. The molecule has 0 radical (unpaired) electrons. The van der Waals surface area contributed by atoms with Gasteiger partial charge in [0.1, 0.15) is 0 Å². The van der Waals surface area contributed by atoms with Crippen molar-refractivity contribution in [1.29, 1.82) is 5.26 Å². The number of nitrogens with zero attached hydrogens (tertiary/aromatic N) is 2. The molecule has 0 aliphatic heterocycles. The number of amidine groups is 1. The van der Waals surface area contributed by atoms with Crippen LogP contribution in [0.4, 0.5) is 5.69 Å². The van der Waals surface area contributed by atoms with E-state index in [1.54, 1.807) is 61.0 Å². The van der Waals surface area contributed by atoms with E-state index in [9.17, 15) is 8.42 Å². The predicted molar refractivity (Wildman–Crippen MR) is 87.7 cm³/mol. The fourth-order valence-electron chi connectivity index (χ4n) is 1.79. The van der Waals surface area contributed by atoms with Crippen molar-refractivity contribution in [3.63, 3.8) is 0 Å². The van der Waals surface area contributed by atoms with Crippen LogP contribution < -0.4 is 5.32 Å². The van der Waals surface area contributed by atoms with Crippen molar-refractivity contribution >= 4 is 32.5 Å². The number of para-hydroxylation sites is 1. The van der Waals surface area contributed by atoms with Gasteiger partial charge in [0.25, 0.3) is 0 Å². The normalized spacial score (nSPS) is 11.7. The number of hydrogen-bond donors (Lipinski definition) is 1. The molecule has 0 saturated carbocycles. The van der Waals surface area contributed by atoms with Crippen LogP contribution >= 0.6 is 11.8 Å². The molecule has 0 atom stereocenters. The average molecular weight is 331 g/mol. The van der Waals surface area contributed by atoms with Crippen LogP contribution in [0.2, 0.25) is 0 Å². The lowest BCUT2D eigenvalue weighted by atomic mass is 10.3. The summed E-state index contributed by atoms with van der Waals surface area (Å²) in [5, 5.41) is 11.4. The van der Waals surface area contributed by atoms with Gasteiger partial charge in [-0.25, -0.2) is 13.4 Å². The zero-order valence-corrected chi connectivity index (χ0v) is 13.4. The molecule has 0 saturated heterocycles. The summed E-state index contributed by atoms with van der Waals surface area (Å²) >= 11 is 1.23. The summed E-state index contributed by atoms with van der Waals surface area (Å²) in [5.41, 5.74) is 0.290. The van der Waals surface area contributed by atoms with Gasteiger partial charge in [-0.05, 0) is 30.5 Å². The summed E-state index contributed by atoms with van der Waals surface area (Å²) in [5.74, 6) is 0. The Labute approximate surface area is 133 Å². The molecule has 0 bridgehead atoms. The number of hydrogen-bond acceptors (Lipinski definition) is 5. The summed E-state index contributed by atoms with van der Waals surface area (Å²) < 4.78 is 25.4. The standard InChI is InChI=1S/C15H13N3O2S2/c1-21-15(17-11-16)18-13-9-5-6-10-14(13)22(19,20)12-7-3-2-4-8-12/h2-10H,1H3,(H,17,18). The highest BCUT2D eigenvalue weighted by atomic mass is 32.2. The van der Waals surface area contributed by atoms with Crippen LogP contribution in [0.25, 0.3) is 0 Å². The van der Waals surface area contributed by atoms with Gasteiger partial charge in [0.05, 0.1) is 15.5 Å². The van der Waals surface area contributed by atoms with E-state index in [1.165, 1.54) is 17.8 Å². The van der Waals surface area contributed by atoms with Gasteiger partial charge >= 0.3 is 0 Å². The van der Waals surface area contributed by atoms with E-state index in [0.717, 1.165) is 0 Å². The summed E-state index contributed by atoms with van der Waals surface area (Å²) in [6.45, 7) is 0. The van der Waals surface area contributed by atoms with E-state index >= 15 is 0 Å². The topological polar surface area (TPSA) is 82.3 Å². The van der Waals surface area contributed by atoms with Crippen molar-refractivity contribution in [2.45, 2.75) is 9.79 Å². The van der Waals surface area contributed by atoms with Crippen LogP contribution in [-0.2, 0) is 9.84 Å². The van der Waals surface area contributed by atoms with Gasteiger partial charge in [0.2, 0.25) is 9.84 Å². The molecule has 0 unspecified atom stereocenters. The first kappa shape index (κ1) is 16.1. The average Bonchev–Trinajstić information content (AvgIpc) is 2.55. The summed E-state index contributed by atoms with van der Waals surface area (Å²) in [4.78, 5) is 4.53.